The second kappa shape index (κ2) is 8.32. The molecule has 1 aliphatic rings. The van der Waals surface area contributed by atoms with Gasteiger partial charge in [0.2, 0.25) is 10.0 Å². The van der Waals surface area contributed by atoms with Crippen molar-refractivity contribution >= 4 is 22.0 Å². The first kappa shape index (κ1) is 19.1. The van der Waals surface area contributed by atoms with Crippen molar-refractivity contribution in [1.82, 2.24) is 9.62 Å². The monoisotopic (exact) mass is 390 g/mol. The molecule has 2 aromatic carbocycles. The van der Waals surface area contributed by atoms with E-state index in [1.165, 1.54) is 29.2 Å². The van der Waals surface area contributed by atoms with E-state index < -0.39 is 15.8 Å². The summed E-state index contributed by atoms with van der Waals surface area (Å²) in [5.41, 5.74) is 1.31. The average Bonchev–Trinajstić information content (AvgIpc) is 2.80. The number of nitrogens with one attached hydrogen (secondary N) is 1. The van der Waals surface area contributed by atoms with E-state index >= 15 is 0 Å². The topological polar surface area (TPSA) is 75.7 Å². The van der Waals surface area contributed by atoms with Crippen LogP contribution < -0.4 is 9.46 Å². The first-order valence-electron chi connectivity index (χ1n) is 8.35. The molecule has 1 heterocycles. The molecule has 8 heteroatoms. The van der Waals surface area contributed by atoms with Crippen LogP contribution in [0.5, 0.6) is 5.75 Å². The number of amides is 1. The van der Waals surface area contributed by atoms with Gasteiger partial charge in [0.15, 0.2) is 6.61 Å². The number of carbonyl (C=O) groups excluding carboxylic acids is 1. The van der Waals surface area contributed by atoms with E-state index in [0.29, 0.717) is 11.3 Å². The van der Waals surface area contributed by atoms with Gasteiger partial charge in [0, 0.05) is 30.6 Å². The number of hydrogen-bond donors (Lipinski definition) is 1. The summed E-state index contributed by atoms with van der Waals surface area (Å²) in [7, 11) is -3.63. The molecular formula is C19H19FN2O4S. The van der Waals surface area contributed by atoms with Crippen LogP contribution in [-0.4, -0.2) is 38.9 Å². The quantitative estimate of drug-likeness (QED) is 0.820. The molecule has 1 amide bonds. The van der Waals surface area contributed by atoms with Gasteiger partial charge in [-0.05, 0) is 29.8 Å². The van der Waals surface area contributed by atoms with Crippen LogP contribution >= 0.6 is 0 Å². The average molecular weight is 390 g/mol. The van der Waals surface area contributed by atoms with Crippen LogP contribution in [-0.2, 0) is 21.4 Å². The van der Waals surface area contributed by atoms with E-state index in [1.54, 1.807) is 12.1 Å². The van der Waals surface area contributed by atoms with Crippen LogP contribution in [0.15, 0.2) is 53.9 Å². The number of carbonyl (C=O) groups is 1. The number of halogens is 1. The Hall–Kier alpha value is -2.71. The Balaban J connectivity index is 1.59. The SMILES string of the molecule is O=C1COc2ccc(F)cc2CN1CCNS(=O)(=O)/C=C/c1ccccc1. The van der Waals surface area contributed by atoms with E-state index in [9.17, 15) is 17.6 Å². The van der Waals surface area contributed by atoms with Gasteiger partial charge in [-0.2, -0.15) is 0 Å². The molecule has 0 aromatic heterocycles. The molecule has 0 unspecified atom stereocenters. The van der Waals surface area contributed by atoms with E-state index in [2.05, 4.69) is 4.72 Å². The van der Waals surface area contributed by atoms with Gasteiger partial charge in [0.05, 0.1) is 0 Å². The summed E-state index contributed by atoms with van der Waals surface area (Å²) in [6.45, 7) is 0.182. The van der Waals surface area contributed by atoms with Crippen molar-refractivity contribution in [1.29, 1.82) is 0 Å². The minimum absolute atomic E-state index is 0.0395. The Morgan fingerprint density at radius 3 is 2.74 bits per heavy atom. The third-order valence-electron chi connectivity index (χ3n) is 4.01. The molecule has 0 saturated heterocycles. The van der Waals surface area contributed by atoms with Gasteiger partial charge in [-0.15, -0.1) is 0 Å². The van der Waals surface area contributed by atoms with E-state index in [1.807, 2.05) is 18.2 Å². The van der Waals surface area contributed by atoms with Crippen molar-refractivity contribution in [3.63, 3.8) is 0 Å². The van der Waals surface area contributed by atoms with Crippen molar-refractivity contribution in [2.24, 2.45) is 0 Å². The summed E-state index contributed by atoms with van der Waals surface area (Å²) >= 11 is 0. The van der Waals surface area contributed by atoms with Crippen molar-refractivity contribution < 1.29 is 22.3 Å². The number of rotatable bonds is 6. The van der Waals surface area contributed by atoms with Crippen molar-refractivity contribution in [3.05, 3.63) is 70.9 Å². The molecule has 1 aliphatic heterocycles. The van der Waals surface area contributed by atoms with Crippen LogP contribution in [0.4, 0.5) is 4.39 Å². The highest BCUT2D eigenvalue weighted by molar-refractivity contribution is 7.92. The third-order valence-corrected chi connectivity index (χ3v) is 5.11. The number of fused-ring (bicyclic) bond motifs is 1. The van der Waals surface area contributed by atoms with E-state index in [-0.39, 0.29) is 32.1 Å². The molecule has 6 nitrogen and oxygen atoms in total. The molecule has 0 radical (unpaired) electrons. The minimum Gasteiger partial charge on any atom is -0.483 e. The first-order valence-corrected chi connectivity index (χ1v) is 9.89. The molecule has 142 valence electrons. The van der Waals surface area contributed by atoms with Crippen LogP contribution in [0.3, 0.4) is 0 Å². The molecule has 0 fully saturated rings. The van der Waals surface area contributed by atoms with Gasteiger partial charge in [0.25, 0.3) is 5.91 Å². The zero-order chi connectivity index (χ0) is 19.3. The summed E-state index contributed by atoms with van der Waals surface area (Å²) in [5.74, 6) is -0.248. The van der Waals surface area contributed by atoms with Crippen LogP contribution in [0.2, 0.25) is 0 Å². The first-order chi connectivity index (χ1) is 12.9. The lowest BCUT2D eigenvalue weighted by molar-refractivity contribution is -0.133. The number of nitrogens with zero attached hydrogens (tertiary/aromatic N) is 1. The maximum Gasteiger partial charge on any atom is 0.260 e. The summed E-state index contributed by atoms with van der Waals surface area (Å²) in [6, 6.07) is 13.1. The molecule has 0 spiro atoms. The number of benzene rings is 2. The van der Waals surface area contributed by atoms with Gasteiger partial charge >= 0.3 is 0 Å². The number of hydrogen-bond acceptors (Lipinski definition) is 4. The van der Waals surface area contributed by atoms with Gasteiger partial charge < -0.3 is 9.64 Å². The maximum atomic E-state index is 13.4. The number of sulfonamides is 1. The maximum absolute atomic E-state index is 13.4. The number of ether oxygens (including phenoxy) is 1. The minimum atomic E-state index is -3.63. The van der Waals surface area contributed by atoms with Crippen molar-refractivity contribution in [2.45, 2.75) is 6.54 Å². The van der Waals surface area contributed by atoms with Gasteiger partial charge in [-0.25, -0.2) is 17.5 Å². The molecular weight excluding hydrogens is 371 g/mol. The fraction of sp³-hybridized carbons (Fsp3) is 0.211. The summed E-state index contributed by atoms with van der Waals surface area (Å²) in [5, 5.41) is 1.08. The van der Waals surface area contributed by atoms with E-state index in [4.69, 9.17) is 4.74 Å². The van der Waals surface area contributed by atoms with Crippen LogP contribution in [0.25, 0.3) is 6.08 Å². The zero-order valence-electron chi connectivity index (χ0n) is 14.5. The highest BCUT2D eigenvalue weighted by Gasteiger charge is 2.22. The van der Waals surface area contributed by atoms with E-state index in [0.717, 1.165) is 11.0 Å². The molecule has 0 saturated carbocycles. The fourth-order valence-electron chi connectivity index (χ4n) is 2.64. The van der Waals surface area contributed by atoms with Crippen LogP contribution in [0.1, 0.15) is 11.1 Å². The summed E-state index contributed by atoms with van der Waals surface area (Å²) in [6.07, 6.45) is 1.49. The molecule has 0 aliphatic carbocycles. The zero-order valence-corrected chi connectivity index (χ0v) is 15.3. The van der Waals surface area contributed by atoms with Crippen molar-refractivity contribution in [3.8, 4) is 5.75 Å². The predicted octanol–water partition coefficient (Wildman–Crippen LogP) is 2.14. The summed E-state index contributed by atoms with van der Waals surface area (Å²) < 4.78 is 45.4. The van der Waals surface area contributed by atoms with Gasteiger partial charge in [-0.1, -0.05) is 30.3 Å². The molecule has 0 bridgehead atoms. The lowest BCUT2D eigenvalue weighted by Crippen LogP contribution is -2.38. The Bertz CT molecular complexity index is 945. The highest BCUT2D eigenvalue weighted by atomic mass is 32.2. The second-order valence-corrected chi connectivity index (χ2v) is 7.66. The lowest BCUT2D eigenvalue weighted by atomic mass is 10.2. The molecule has 1 N–H and O–H groups in total. The standard InChI is InChI=1S/C19H19FN2O4S/c20-17-6-7-18-16(12-17)13-22(19(23)14-26-18)10-9-21-27(24,25)11-8-15-4-2-1-3-5-15/h1-8,11-12,21H,9-10,13-14H2/b11-8+. The largest absolute Gasteiger partial charge is 0.483 e. The molecule has 3 rings (SSSR count). The van der Waals surface area contributed by atoms with Gasteiger partial charge in [0.1, 0.15) is 11.6 Å². The Morgan fingerprint density at radius 2 is 1.96 bits per heavy atom. The highest BCUT2D eigenvalue weighted by Crippen LogP contribution is 2.24. The molecule has 0 atom stereocenters. The molecule has 27 heavy (non-hydrogen) atoms. The summed E-state index contributed by atoms with van der Waals surface area (Å²) in [4.78, 5) is 13.6. The Morgan fingerprint density at radius 1 is 1.19 bits per heavy atom. The van der Waals surface area contributed by atoms with Crippen molar-refractivity contribution in [2.75, 3.05) is 19.7 Å². The Kier molecular flexibility index (Phi) is 5.88. The lowest BCUT2D eigenvalue weighted by Gasteiger charge is -2.19. The fourth-order valence-corrected chi connectivity index (χ4v) is 3.45. The van der Waals surface area contributed by atoms with Gasteiger partial charge in [-0.3, -0.25) is 4.79 Å². The Labute approximate surface area is 157 Å². The third kappa shape index (κ3) is 5.38. The normalized spacial score (nSPS) is 14.7. The van der Waals surface area contributed by atoms with Crippen LogP contribution in [0, 0.1) is 5.82 Å². The smallest absolute Gasteiger partial charge is 0.260 e. The molecule has 2 aromatic rings. The predicted molar refractivity (Wildman–Crippen MR) is 99.7 cm³/mol. The second-order valence-electron chi connectivity index (χ2n) is 6.01.